The van der Waals surface area contributed by atoms with E-state index in [0.717, 1.165) is 16.9 Å². The highest BCUT2D eigenvalue weighted by Gasteiger charge is 2.11. The smallest absolute Gasteiger partial charge is 0.163 e. The number of hydrogen-bond donors (Lipinski definition) is 0. The maximum absolute atomic E-state index is 11.6. The summed E-state index contributed by atoms with van der Waals surface area (Å²) >= 11 is 1.67. The van der Waals surface area contributed by atoms with E-state index in [9.17, 15) is 4.79 Å². The number of carbonyl (C=O) groups excluding carboxylic acids is 1. The molecule has 0 fully saturated rings. The van der Waals surface area contributed by atoms with Crippen LogP contribution in [0.2, 0.25) is 0 Å². The number of Topliss-reactive ketones (excluding diaryl/α,β-unsaturated/α-hetero) is 1. The van der Waals surface area contributed by atoms with E-state index in [1.165, 1.54) is 5.56 Å². The molecule has 0 atom stereocenters. The lowest BCUT2D eigenvalue weighted by Crippen LogP contribution is -2.01. The molecule has 1 aromatic rings. The fourth-order valence-electron chi connectivity index (χ4n) is 1.51. The van der Waals surface area contributed by atoms with Crippen molar-refractivity contribution >= 4 is 17.5 Å². The molecule has 0 aliphatic rings. The zero-order valence-corrected chi connectivity index (χ0v) is 9.78. The predicted octanol–water partition coefficient (Wildman–Crippen LogP) is 3.56. The Bertz CT molecular complexity index is 331. The predicted molar refractivity (Wildman–Crippen MR) is 62.2 cm³/mol. The second-order valence-electron chi connectivity index (χ2n) is 3.13. The van der Waals surface area contributed by atoms with Crippen molar-refractivity contribution in [1.29, 1.82) is 0 Å². The van der Waals surface area contributed by atoms with Gasteiger partial charge in [-0.05, 0) is 18.2 Å². The first kappa shape index (κ1) is 11.3. The Balaban J connectivity index is 3.21. The summed E-state index contributed by atoms with van der Waals surface area (Å²) in [7, 11) is 0. The van der Waals surface area contributed by atoms with Crippen LogP contribution in [0.15, 0.2) is 23.1 Å². The highest BCUT2D eigenvalue weighted by Crippen LogP contribution is 2.26. The van der Waals surface area contributed by atoms with Gasteiger partial charge >= 0.3 is 0 Å². The molecule has 0 amide bonds. The van der Waals surface area contributed by atoms with Crippen molar-refractivity contribution in [2.45, 2.75) is 31.6 Å². The molecule has 0 radical (unpaired) electrons. The topological polar surface area (TPSA) is 17.1 Å². The van der Waals surface area contributed by atoms with E-state index >= 15 is 0 Å². The van der Waals surface area contributed by atoms with E-state index in [1.807, 2.05) is 25.3 Å². The minimum absolute atomic E-state index is 0.240. The van der Waals surface area contributed by atoms with Gasteiger partial charge < -0.3 is 0 Å². The molecule has 14 heavy (non-hydrogen) atoms. The van der Waals surface area contributed by atoms with Crippen LogP contribution in [-0.4, -0.2) is 12.0 Å². The van der Waals surface area contributed by atoms with Gasteiger partial charge in [0.2, 0.25) is 0 Å². The number of hydrogen-bond acceptors (Lipinski definition) is 2. The largest absolute Gasteiger partial charge is 0.294 e. The van der Waals surface area contributed by atoms with Crippen molar-refractivity contribution in [2.75, 3.05) is 6.26 Å². The lowest BCUT2D eigenvalue weighted by molar-refractivity contribution is 0.0985. The van der Waals surface area contributed by atoms with Crippen LogP contribution in [0.25, 0.3) is 0 Å². The summed E-state index contributed by atoms with van der Waals surface area (Å²) in [4.78, 5) is 12.8. The Hall–Kier alpha value is -0.760. The van der Waals surface area contributed by atoms with Gasteiger partial charge in [-0.2, -0.15) is 0 Å². The number of benzene rings is 1. The van der Waals surface area contributed by atoms with E-state index in [4.69, 9.17) is 0 Å². The Labute approximate surface area is 89.9 Å². The molecule has 1 rings (SSSR count). The zero-order valence-electron chi connectivity index (χ0n) is 8.96. The van der Waals surface area contributed by atoms with Crippen LogP contribution in [0, 0.1) is 0 Å². The Morgan fingerprint density at radius 3 is 2.57 bits per heavy atom. The maximum Gasteiger partial charge on any atom is 0.163 e. The van der Waals surface area contributed by atoms with Crippen LogP contribution < -0.4 is 0 Å². The van der Waals surface area contributed by atoms with Crippen LogP contribution in [0.1, 0.15) is 36.2 Å². The minimum Gasteiger partial charge on any atom is -0.294 e. The molecular weight excluding hydrogens is 192 g/mol. The summed E-state index contributed by atoms with van der Waals surface area (Å²) in [6.45, 7) is 4.03. The molecule has 76 valence electrons. The van der Waals surface area contributed by atoms with Crippen molar-refractivity contribution < 1.29 is 4.79 Å². The fourth-order valence-corrected chi connectivity index (χ4v) is 2.39. The third-order valence-corrected chi connectivity index (χ3v) is 3.19. The summed E-state index contributed by atoms with van der Waals surface area (Å²) < 4.78 is 0. The SMILES string of the molecule is CCC(=O)c1cccc(CC)c1SC. The molecule has 0 unspecified atom stereocenters. The molecule has 0 aliphatic carbocycles. The van der Waals surface area contributed by atoms with Gasteiger partial charge in [0, 0.05) is 16.9 Å². The van der Waals surface area contributed by atoms with Crippen LogP contribution in [0.5, 0.6) is 0 Å². The second-order valence-corrected chi connectivity index (χ2v) is 3.94. The average molecular weight is 208 g/mol. The van der Waals surface area contributed by atoms with Crippen molar-refractivity contribution in [2.24, 2.45) is 0 Å². The molecule has 0 heterocycles. The van der Waals surface area contributed by atoms with Gasteiger partial charge in [0.25, 0.3) is 0 Å². The number of thioether (sulfide) groups is 1. The third kappa shape index (κ3) is 2.18. The summed E-state index contributed by atoms with van der Waals surface area (Å²) in [5, 5.41) is 0. The van der Waals surface area contributed by atoms with Crippen LogP contribution in [-0.2, 0) is 6.42 Å². The van der Waals surface area contributed by atoms with Gasteiger partial charge in [0.1, 0.15) is 0 Å². The van der Waals surface area contributed by atoms with Gasteiger partial charge in [-0.3, -0.25) is 4.79 Å². The number of rotatable bonds is 4. The molecule has 0 bridgehead atoms. The summed E-state index contributed by atoms with van der Waals surface area (Å²) in [5.74, 6) is 0.240. The van der Waals surface area contributed by atoms with Gasteiger partial charge in [0.05, 0.1) is 0 Å². The first-order valence-corrected chi connectivity index (χ1v) is 6.16. The van der Waals surface area contributed by atoms with Crippen molar-refractivity contribution in [3.8, 4) is 0 Å². The lowest BCUT2D eigenvalue weighted by Gasteiger charge is -2.09. The molecule has 1 nitrogen and oxygen atoms in total. The summed E-state index contributed by atoms with van der Waals surface area (Å²) in [6.07, 6.45) is 3.60. The Kier molecular flexibility index (Phi) is 4.21. The number of carbonyl (C=O) groups is 1. The van der Waals surface area contributed by atoms with E-state index in [1.54, 1.807) is 11.8 Å². The zero-order chi connectivity index (χ0) is 10.6. The summed E-state index contributed by atoms with van der Waals surface area (Å²) in [5.41, 5.74) is 2.16. The molecule has 2 heteroatoms. The van der Waals surface area contributed by atoms with Gasteiger partial charge in [-0.15, -0.1) is 11.8 Å². The third-order valence-electron chi connectivity index (χ3n) is 2.30. The van der Waals surface area contributed by atoms with Gasteiger partial charge in [-0.25, -0.2) is 0 Å². The molecule has 0 spiro atoms. The quantitative estimate of drug-likeness (QED) is 0.556. The molecule has 0 aromatic heterocycles. The second kappa shape index (κ2) is 5.20. The molecule has 0 saturated carbocycles. The Morgan fingerprint density at radius 2 is 2.07 bits per heavy atom. The van der Waals surface area contributed by atoms with Crippen molar-refractivity contribution in [3.05, 3.63) is 29.3 Å². The Morgan fingerprint density at radius 1 is 1.36 bits per heavy atom. The van der Waals surface area contributed by atoms with E-state index < -0.39 is 0 Å². The highest BCUT2D eigenvalue weighted by molar-refractivity contribution is 7.98. The van der Waals surface area contributed by atoms with E-state index in [-0.39, 0.29) is 5.78 Å². The van der Waals surface area contributed by atoms with Gasteiger partial charge in [-0.1, -0.05) is 32.0 Å². The standard InChI is InChI=1S/C12H16OS/c1-4-9-7-6-8-10(11(13)5-2)12(9)14-3/h6-8H,4-5H2,1-3H3. The summed E-state index contributed by atoms with van der Waals surface area (Å²) in [6, 6.07) is 6.00. The minimum atomic E-state index is 0.240. The van der Waals surface area contributed by atoms with E-state index in [2.05, 4.69) is 13.0 Å². The van der Waals surface area contributed by atoms with Crippen LogP contribution >= 0.6 is 11.8 Å². The normalized spacial score (nSPS) is 10.2. The maximum atomic E-state index is 11.6. The average Bonchev–Trinajstić information content (AvgIpc) is 2.26. The first-order valence-electron chi connectivity index (χ1n) is 4.93. The van der Waals surface area contributed by atoms with Crippen LogP contribution in [0.4, 0.5) is 0 Å². The molecule has 0 N–H and O–H groups in total. The molecular formula is C12H16OS. The highest BCUT2D eigenvalue weighted by atomic mass is 32.2. The number of ketones is 1. The van der Waals surface area contributed by atoms with Gasteiger partial charge in [0.15, 0.2) is 5.78 Å². The van der Waals surface area contributed by atoms with Crippen molar-refractivity contribution in [1.82, 2.24) is 0 Å². The molecule has 0 saturated heterocycles. The van der Waals surface area contributed by atoms with E-state index in [0.29, 0.717) is 6.42 Å². The van der Waals surface area contributed by atoms with Crippen LogP contribution in [0.3, 0.4) is 0 Å². The number of aryl methyl sites for hydroxylation is 1. The van der Waals surface area contributed by atoms with Crippen molar-refractivity contribution in [3.63, 3.8) is 0 Å². The molecule has 0 aliphatic heterocycles. The molecule has 1 aromatic carbocycles. The monoisotopic (exact) mass is 208 g/mol. The lowest BCUT2D eigenvalue weighted by atomic mass is 10.0. The first-order chi connectivity index (χ1) is 6.74. The fraction of sp³-hybridized carbons (Fsp3) is 0.417.